The van der Waals surface area contributed by atoms with Crippen molar-refractivity contribution < 1.29 is 22.4 Å². The Morgan fingerprint density at radius 3 is 2.29 bits per heavy atom. The van der Waals surface area contributed by atoms with E-state index in [0.29, 0.717) is 24.9 Å². The highest BCUT2D eigenvalue weighted by molar-refractivity contribution is 7.92. The molecule has 2 aromatic carbocycles. The number of benzene rings is 2. The number of halogens is 3. The van der Waals surface area contributed by atoms with Gasteiger partial charge in [-0.05, 0) is 42.7 Å². The van der Waals surface area contributed by atoms with Crippen LogP contribution in [0.4, 0.5) is 10.1 Å². The van der Waals surface area contributed by atoms with Crippen molar-refractivity contribution in [3.63, 3.8) is 0 Å². The van der Waals surface area contributed by atoms with E-state index < -0.39 is 34.3 Å². The first-order valence-electron chi connectivity index (χ1n) is 10.7. The summed E-state index contributed by atoms with van der Waals surface area (Å²) in [7, 11) is -3.94. The molecular weight excluding hydrogens is 504 g/mol. The summed E-state index contributed by atoms with van der Waals surface area (Å²) in [6.07, 6.45) is 1.95. The molecule has 2 amide bonds. The number of hydrogen-bond acceptors (Lipinski definition) is 4. The fraction of sp³-hybridized carbons (Fsp3) is 0.391. The van der Waals surface area contributed by atoms with Crippen LogP contribution < -0.4 is 9.62 Å². The largest absolute Gasteiger partial charge is 0.354 e. The van der Waals surface area contributed by atoms with Crippen LogP contribution in [0, 0.1) is 5.82 Å². The highest BCUT2D eigenvalue weighted by Gasteiger charge is 2.32. The van der Waals surface area contributed by atoms with Crippen LogP contribution in [0.3, 0.4) is 0 Å². The van der Waals surface area contributed by atoms with E-state index in [0.717, 1.165) is 10.6 Å². The van der Waals surface area contributed by atoms with Gasteiger partial charge in [-0.3, -0.25) is 13.9 Å². The minimum atomic E-state index is -3.94. The molecule has 0 saturated heterocycles. The van der Waals surface area contributed by atoms with Gasteiger partial charge >= 0.3 is 0 Å². The van der Waals surface area contributed by atoms with Crippen molar-refractivity contribution in [1.82, 2.24) is 10.2 Å². The first-order chi connectivity index (χ1) is 16.0. The zero-order valence-corrected chi connectivity index (χ0v) is 21.6. The Balaban J connectivity index is 2.46. The summed E-state index contributed by atoms with van der Waals surface area (Å²) >= 11 is 12.3. The van der Waals surface area contributed by atoms with Gasteiger partial charge in [0.05, 0.1) is 22.0 Å². The van der Waals surface area contributed by atoms with Crippen LogP contribution >= 0.6 is 23.2 Å². The van der Waals surface area contributed by atoms with Gasteiger partial charge in [0.25, 0.3) is 0 Å². The summed E-state index contributed by atoms with van der Waals surface area (Å²) < 4.78 is 39.4. The minimum Gasteiger partial charge on any atom is -0.354 e. The van der Waals surface area contributed by atoms with Gasteiger partial charge in [-0.2, -0.15) is 0 Å². The normalized spacial score (nSPS) is 12.2. The number of carbonyl (C=O) groups is 2. The van der Waals surface area contributed by atoms with E-state index in [1.54, 1.807) is 6.92 Å². The fourth-order valence-corrected chi connectivity index (χ4v) is 4.65. The molecule has 34 heavy (non-hydrogen) atoms. The maximum Gasteiger partial charge on any atom is 0.244 e. The Bertz CT molecular complexity index is 1110. The predicted molar refractivity (Wildman–Crippen MR) is 133 cm³/mol. The number of sulfonamides is 1. The standard InChI is InChI=1S/C23H28Cl2FN3O4S/c1-4-13-27-23(31)19(5-2)28(14-16-9-11-17(26)12-10-16)21(30)15-29(34(3,32)33)20-8-6-7-18(24)22(20)25/h6-12,19H,4-5,13-15H2,1-3H3,(H,27,31). The summed E-state index contributed by atoms with van der Waals surface area (Å²) in [5.74, 6) is -1.41. The number of carbonyl (C=O) groups excluding carboxylic acids is 2. The summed E-state index contributed by atoms with van der Waals surface area (Å²) in [5.41, 5.74) is 0.637. The number of nitrogens with zero attached hydrogens (tertiary/aromatic N) is 2. The van der Waals surface area contributed by atoms with Crippen LogP contribution in [0.2, 0.25) is 10.0 Å². The lowest BCUT2D eigenvalue weighted by Crippen LogP contribution is -2.52. The Hall–Kier alpha value is -2.36. The molecule has 0 saturated carbocycles. The maximum atomic E-state index is 13.5. The fourth-order valence-electron chi connectivity index (χ4n) is 3.35. The van der Waals surface area contributed by atoms with Gasteiger partial charge in [0.1, 0.15) is 18.4 Å². The van der Waals surface area contributed by atoms with E-state index in [2.05, 4.69) is 5.32 Å². The SMILES string of the molecule is CCCNC(=O)C(CC)N(Cc1ccc(F)cc1)C(=O)CN(c1cccc(Cl)c1Cl)S(C)(=O)=O. The average Bonchev–Trinajstić information content (AvgIpc) is 2.78. The molecule has 0 spiro atoms. The molecule has 0 aliphatic carbocycles. The van der Waals surface area contributed by atoms with Crippen LogP contribution in [0.15, 0.2) is 42.5 Å². The predicted octanol–water partition coefficient (Wildman–Crippen LogP) is 4.23. The summed E-state index contributed by atoms with van der Waals surface area (Å²) in [6.45, 7) is 3.47. The summed E-state index contributed by atoms with van der Waals surface area (Å²) in [4.78, 5) is 27.6. The first kappa shape index (κ1) is 27.9. The molecule has 1 unspecified atom stereocenters. The third kappa shape index (κ3) is 7.32. The molecule has 186 valence electrons. The van der Waals surface area contributed by atoms with Crippen molar-refractivity contribution in [2.45, 2.75) is 39.3 Å². The maximum absolute atomic E-state index is 13.5. The smallest absolute Gasteiger partial charge is 0.244 e. The third-order valence-corrected chi connectivity index (χ3v) is 7.02. The number of nitrogens with one attached hydrogen (secondary N) is 1. The lowest BCUT2D eigenvalue weighted by molar-refractivity contribution is -0.140. The second-order valence-corrected chi connectivity index (χ2v) is 10.4. The molecule has 2 rings (SSSR count). The number of rotatable bonds is 11. The second kappa shape index (κ2) is 12.4. The number of hydrogen-bond donors (Lipinski definition) is 1. The summed E-state index contributed by atoms with van der Waals surface area (Å²) in [5, 5.41) is 2.90. The molecule has 0 aliphatic rings. The van der Waals surface area contributed by atoms with Gasteiger partial charge in [-0.1, -0.05) is 55.2 Å². The Morgan fingerprint density at radius 2 is 1.74 bits per heavy atom. The van der Waals surface area contributed by atoms with E-state index >= 15 is 0 Å². The van der Waals surface area contributed by atoms with Gasteiger partial charge in [-0.15, -0.1) is 0 Å². The molecular formula is C23H28Cl2FN3O4S. The van der Waals surface area contributed by atoms with Gasteiger partial charge in [0.15, 0.2) is 0 Å². The molecule has 0 fully saturated rings. The monoisotopic (exact) mass is 531 g/mol. The van der Waals surface area contributed by atoms with Crippen LogP contribution in [0.1, 0.15) is 32.3 Å². The Labute approximate surface area is 209 Å². The zero-order valence-electron chi connectivity index (χ0n) is 19.2. The Morgan fingerprint density at radius 1 is 1.09 bits per heavy atom. The quantitative estimate of drug-likeness (QED) is 0.469. The van der Waals surface area contributed by atoms with E-state index in [1.165, 1.54) is 47.4 Å². The Kier molecular flexibility index (Phi) is 10.1. The molecule has 2 aromatic rings. The van der Waals surface area contributed by atoms with E-state index in [9.17, 15) is 22.4 Å². The van der Waals surface area contributed by atoms with Crippen molar-refractivity contribution in [3.8, 4) is 0 Å². The van der Waals surface area contributed by atoms with Crippen molar-refractivity contribution in [1.29, 1.82) is 0 Å². The second-order valence-electron chi connectivity index (χ2n) is 7.71. The van der Waals surface area contributed by atoms with Crippen LogP contribution in [0.5, 0.6) is 0 Å². The number of amides is 2. The molecule has 0 bridgehead atoms. The summed E-state index contributed by atoms with van der Waals surface area (Å²) in [6, 6.07) is 9.13. The van der Waals surface area contributed by atoms with E-state index in [1.807, 2.05) is 6.92 Å². The molecule has 0 radical (unpaired) electrons. The molecule has 11 heteroatoms. The van der Waals surface area contributed by atoms with Gasteiger partial charge < -0.3 is 10.2 Å². The molecule has 1 atom stereocenters. The topological polar surface area (TPSA) is 86.8 Å². The van der Waals surface area contributed by atoms with Gasteiger partial charge in [-0.25, -0.2) is 12.8 Å². The van der Waals surface area contributed by atoms with Crippen LogP contribution in [-0.2, 0) is 26.2 Å². The zero-order chi connectivity index (χ0) is 25.5. The van der Waals surface area contributed by atoms with Crippen LogP contribution in [0.25, 0.3) is 0 Å². The lowest BCUT2D eigenvalue weighted by atomic mass is 10.1. The first-order valence-corrected chi connectivity index (χ1v) is 13.3. The lowest BCUT2D eigenvalue weighted by Gasteiger charge is -2.33. The molecule has 1 N–H and O–H groups in total. The third-order valence-electron chi connectivity index (χ3n) is 5.08. The van der Waals surface area contributed by atoms with Crippen molar-refractivity contribution in [2.75, 3.05) is 23.7 Å². The highest BCUT2D eigenvalue weighted by Crippen LogP contribution is 2.33. The molecule has 0 aromatic heterocycles. The molecule has 0 heterocycles. The molecule has 7 nitrogen and oxygen atoms in total. The van der Waals surface area contributed by atoms with Crippen molar-refractivity contribution >= 4 is 50.7 Å². The van der Waals surface area contributed by atoms with Crippen molar-refractivity contribution in [3.05, 3.63) is 63.9 Å². The minimum absolute atomic E-state index is 0.0137. The van der Waals surface area contributed by atoms with Crippen LogP contribution in [-0.4, -0.2) is 50.5 Å². The number of anilines is 1. The van der Waals surface area contributed by atoms with E-state index in [4.69, 9.17) is 23.2 Å². The van der Waals surface area contributed by atoms with Crippen molar-refractivity contribution in [2.24, 2.45) is 0 Å². The average molecular weight is 532 g/mol. The van der Waals surface area contributed by atoms with E-state index in [-0.39, 0.29) is 28.2 Å². The van der Waals surface area contributed by atoms with Gasteiger partial charge in [0.2, 0.25) is 21.8 Å². The highest BCUT2D eigenvalue weighted by atomic mass is 35.5. The van der Waals surface area contributed by atoms with Gasteiger partial charge in [0, 0.05) is 13.1 Å². The molecule has 0 aliphatic heterocycles.